The maximum atomic E-state index is 12.1. The van der Waals surface area contributed by atoms with Gasteiger partial charge in [0.05, 0.1) is 17.6 Å². The lowest BCUT2D eigenvalue weighted by Gasteiger charge is -2.19. The summed E-state index contributed by atoms with van der Waals surface area (Å²) in [6.07, 6.45) is 1.76. The van der Waals surface area contributed by atoms with Gasteiger partial charge in [0.1, 0.15) is 0 Å². The summed E-state index contributed by atoms with van der Waals surface area (Å²) in [7, 11) is 0. The van der Waals surface area contributed by atoms with Crippen LogP contribution in [0.2, 0.25) is 0 Å². The van der Waals surface area contributed by atoms with Gasteiger partial charge in [-0.05, 0) is 45.5 Å². The SMILES string of the molecule is CCN(CC)CCC[C@@H](C)NC(=O)C(=O)NCc1n[nH]c(=O)c2ccccc12. The van der Waals surface area contributed by atoms with E-state index in [4.69, 9.17) is 0 Å². The van der Waals surface area contributed by atoms with Crippen LogP contribution < -0.4 is 16.2 Å². The fourth-order valence-electron chi connectivity index (χ4n) is 3.07. The van der Waals surface area contributed by atoms with Gasteiger partial charge in [0.15, 0.2) is 0 Å². The fraction of sp³-hybridized carbons (Fsp3) is 0.500. The van der Waals surface area contributed by atoms with E-state index in [1.54, 1.807) is 24.3 Å². The van der Waals surface area contributed by atoms with Crippen molar-refractivity contribution >= 4 is 22.6 Å². The van der Waals surface area contributed by atoms with Gasteiger partial charge in [-0.1, -0.05) is 32.0 Å². The zero-order valence-corrected chi connectivity index (χ0v) is 16.7. The molecule has 0 aliphatic rings. The summed E-state index contributed by atoms with van der Waals surface area (Å²) in [6.45, 7) is 9.19. The Morgan fingerprint density at radius 1 is 1.14 bits per heavy atom. The van der Waals surface area contributed by atoms with E-state index in [0.717, 1.165) is 32.5 Å². The quantitative estimate of drug-likeness (QED) is 0.560. The monoisotopic (exact) mass is 387 g/mol. The molecule has 2 rings (SSSR count). The summed E-state index contributed by atoms with van der Waals surface area (Å²) in [5.41, 5.74) is 0.213. The number of amides is 2. The van der Waals surface area contributed by atoms with Gasteiger partial charge in [-0.25, -0.2) is 5.10 Å². The molecule has 0 fully saturated rings. The Hall–Kier alpha value is -2.74. The molecule has 1 heterocycles. The molecular formula is C20H29N5O3. The number of nitrogens with one attached hydrogen (secondary N) is 3. The first kappa shape index (κ1) is 21.6. The van der Waals surface area contributed by atoms with E-state index in [0.29, 0.717) is 16.5 Å². The molecule has 0 saturated heterocycles. The Kier molecular flexibility index (Phi) is 8.13. The molecule has 8 nitrogen and oxygen atoms in total. The summed E-state index contributed by atoms with van der Waals surface area (Å²) in [6, 6.07) is 6.92. The number of benzene rings is 1. The minimum Gasteiger partial charge on any atom is -0.345 e. The number of hydrogen-bond acceptors (Lipinski definition) is 5. The van der Waals surface area contributed by atoms with Crippen LogP contribution in [0.1, 0.15) is 39.3 Å². The van der Waals surface area contributed by atoms with Crippen molar-refractivity contribution in [3.8, 4) is 0 Å². The van der Waals surface area contributed by atoms with Gasteiger partial charge in [-0.15, -0.1) is 0 Å². The first-order valence-electron chi connectivity index (χ1n) is 9.73. The van der Waals surface area contributed by atoms with Crippen molar-refractivity contribution < 1.29 is 9.59 Å². The van der Waals surface area contributed by atoms with Crippen LogP contribution >= 0.6 is 0 Å². The zero-order chi connectivity index (χ0) is 20.5. The predicted octanol–water partition coefficient (Wildman–Crippen LogP) is 1.17. The van der Waals surface area contributed by atoms with Gasteiger partial charge in [-0.3, -0.25) is 14.4 Å². The summed E-state index contributed by atoms with van der Waals surface area (Å²) in [5.74, 6) is -1.38. The Morgan fingerprint density at radius 2 is 1.82 bits per heavy atom. The highest BCUT2D eigenvalue weighted by Gasteiger charge is 2.17. The van der Waals surface area contributed by atoms with E-state index in [9.17, 15) is 14.4 Å². The number of carbonyl (C=O) groups excluding carboxylic acids is 2. The van der Waals surface area contributed by atoms with Crippen molar-refractivity contribution in [3.05, 3.63) is 40.3 Å². The largest absolute Gasteiger partial charge is 0.345 e. The molecule has 0 aliphatic heterocycles. The van der Waals surface area contributed by atoms with Gasteiger partial charge >= 0.3 is 11.8 Å². The van der Waals surface area contributed by atoms with Crippen LogP contribution in [0.3, 0.4) is 0 Å². The Labute approximate surface area is 164 Å². The molecule has 1 aromatic heterocycles. The molecule has 2 aromatic rings. The highest BCUT2D eigenvalue weighted by molar-refractivity contribution is 6.35. The van der Waals surface area contributed by atoms with E-state index in [-0.39, 0.29) is 18.1 Å². The average molecular weight is 387 g/mol. The maximum Gasteiger partial charge on any atom is 0.309 e. The van der Waals surface area contributed by atoms with Crippen molar-refractivity contribution in [1.29, 1.82) is 0 Å². The van der Waals surface area contributed by atoms with Crippen molar-refractivity contribution in [2.75, 3.05) is 19.6 Å². The first-order chi connectivity index (χ1) is 13.5. The molecule has 0 bridgehead atoms. The van der Waals surface area contributed by atoms with Crippen LogP contribution in [0, 0.1) is 0 Å². The molecule has 0 aliphatic carbocycles. The third kappa shape index (κ3) is 5.88. The molecule has 1 atom stereocenters. The van der Waals surface area contributed by atoms with E-state index < -0.39 is 11.8 Å². The van der Waals surface area contributed by atoms with Crippen molar-refractivity contribution in [1.82, 2.24) is 25.7 Å². The second-order valence-electron chi connectivity index (χ2n) is 6.77. The van der Waals surface area contributed by atoms with Gasteiger partial charge in [0, 0.05) is 11.4 Å². The van der Waals surface area contributed by atoms with Gasteiger partial charge in [-0.2, -0.15) is 5.10 Å². The Bertz CT molecular complexity index is 860. The average Bonchev–Trinajstić information content (AvgIpc) is 2.70. The van der Waals surface area contributed by atoms with Gasteiger partial charge in [0.25, 0.3) is 5.56 Å². The maximum absolute atomic E-state index is 12.1. The van der Waals surface area contributed by atoms with E-state index in [2.05, 4.69) is 39.6 Å². The number of nitrogens with zero attached hydrogens (tertiary/aromatic N) is 2. The van der Waals surface area contributed by atoms with Crippen LogP contribution in [0.25, 0.3) is 10.8 Å². The minimum absolute atomic E-state index is 0.0554. The second kappa shape index (κ2) is 10.6. The molecule has 3 N–H and O–H groups in total. The molecule has 1 aromatic carbocycles. The third-order valence-corrected chi connectivity index (χ3v) is 4.78. The minimum atomic E-state index is -0.715. The first-order valence-corrected chi connectivity index (χ1v) is 9.73. The lowest BCUT2D eigenvalue weighted by Crippen LogP contribution is -2.43. The molecule has 8 heteroatoms. The second-order valence-corrected chi connectivity index (χ2v) is 6.77. The fourth-order valence-corrected chi connectivity index (χ4v) is 3.07. The molecule has 2 amide bonds. The zero-order valence-electron chi connectivity index (χ0n) is 16.7. The lowest BCUT2D eigenvalue weighted by molar-refractivity contribution is -0.139. The smallest absolute Gasteiger partial charge is 0.309 e. The number of rotatable bonds is 9. The number of aromatic nitrogens is 2. The van der Waals surface area contributed by atoms with Crippen molar-refractivity contribution in [2.45, 2.75) is 46.2 Å². The van der Waals surface area contributed by atoms with Crippen LogP contribution in [-0.2, 0) is 16.1 Å². The normalized spacial score (nSPS) is 12.1. The molecule has 0 saturated carbocycles. The van der Waals surface area contributed by atoms with Crippen LogP contribution in [-0.4, -0.2) is 52.6 Å². The summed E-state index contributed by atoms with van der Waals surface area (Å²) < 4.78 is 0. The molecule has 28 heavy (non-hydrogen) atoms. The highest BCUT2D eigenvalue weighted by atomic mass is 16.2. The van der Waals surface area contributed by atoms with E-state index >= 15 is 0 Å². The highest BCUT2D eigenvalue weighted by Crippen LogP contribution is 2.11. The molecule has 0 unspecified atom stereocenters. The van der Waals surface area contributed by atoms with Crippen LogP contribution in [0.5, 0.6) is 0 Å². The van der Waals surface area contributed by atoms with Gasteiger partial charge in [0.2, 0.25) is 0 Å². The van der Waals surface area contributed by atoms with E-state index in [1.807, 2.05) is 6.92 Å². The number of carbonyl (C=O) groups is 2. The number of aromatic amines is 1. The Morgan fingerprint density at radius 3 is 2.50 bits per heavy atom. The predicted molar refractivity (Wildman–Crippen MR) is 109 cm³/mol. The van der Waals surface area contributed by atoms with Gasteiger partial charge < -0.3 is 15.5 Å². The summed E-state index contributed by atoms with van der Waals surface area (Å²) in [4.78, 5) is 38.3. The lowest BCUT2D eigenvalue weighted by atomic mass is 10.1. The van der Waals surface area contributed by atoms with Crippen molar-refractivity contribution in [3.63, 3.8) is 0 Å². The topological polar surface area (TPSA) is 107 Å². The molecular weight excluding hydrogens is 358 g/mol. The standard InChI is InChI=1S/C20H29N5O3/c1-4-25(5-2)12-8-9-14(3)22-20(28)19(27)21-13-17-15-10-6-7-11-16(15)18(26)24-23-17/h6-7,10-11,14H,4-5,8-9,12-13H2,1-3H3,(H,21,27)(H,22,28)(H,24,26)/t14-/m1/s1. The molecule has 0 radical (unpaired) electrons. The molecule has 152 valence electrons. The van der Waals surface area contributed by atoms with Crippen molar-refractivity contribution in [2.24, 2.45) is 0 Å². The summed E-state index contributed by atoms with van der Waals surface area (Å²) >= 11 is 0. The Balaban J connectivity index is 1.84. The van der Waals surface area contributed by atoms with Crippen LogP contribution in [0.15, 0.2) is 29.1 Å². The summed E-state index contributed by atoms with van der Waals surface area (Å²) in [5, 5.41) is 12.8. The number of fused-ring (bicyclic) bond motifs is 1. The third-order valence-electron chi connectivity index (χ3n) is 4.78. The van der Waals surface area contributed by atoms with Crippen LogP contribution in [0.4, 0.5) is 0 Å². The van der Waals surface area contributed by atoms with E-state index in [1.165, 1.54) is 0 Å². The number of H-pyrrole nitrogens is 1. The molecule has 0 spiro atoms. The number of hydrogen-bond donors (Lipinski definition) is 3.